The standard InChI is InChI=1S/C12H11F7O2/c1-6(2)7-3-8(20-11(15,16)10(13)14)5-9(4-7)21-12(17,18)19/h3-6,10H,1-2H3. The third-order valence-electron chi connectivity index (χ3n) is 2.31. The molecule has 1 aromatic carbocycles. The molecule has 0 aromatic heterocycles. The molecule has 2 nitrogen and oxygen atoms in total. The van der Waals surface area contributed by atoms with Gasteiger partial charge in [-0.15, -0.1) is 13.2 Å². The largest absolute Gasteiger partial charge is 0.573 e. The first-order valence-electron chi connectivity index (χ1n) is 5.66. The van der Waals surface area contributed by atoms with Gasteiger partial charge in [0.15, 0.2) is 0 Å². The lowest BCUT2D eigenvalue weighted by Gasteiger charge is -2.19. The van der Waals surface area contributed by atoms with Gasteiger partial charge in [-0.2, -0.15) is 17.6 Å². The predicted molar refractivity (Wildman–Crippen MR) is 58.8 cm³/mol. The molecule has 0 heterocycles. The summed E-state index contributed by atoms with van der Waals surface area (Å²) in [6.45, 7) is 3.14. The third kappa shape index (κ3) is 5.31. The number of hydrogen-bond acceptors (Lipinski definition) is 2. The quantitative estimate of drug-likeness (QED) is 0.715. The van der Waals surface area contributed by atoms with Gasteiger partial charge in [-0.1, -0.05) is 13.8 Å². The van der Waals surface area contributed by atoms with Crippen molar-refractivity contribution < 1.29 is 40.2 Å². The van der Waals surface area contributed by atoms with Crippen molar-refractivity contribution in [3.63, 3.8) is 0 Å². The zero-order chi connectivity index (χ0) is 16.4. The number of alkyl halides is 7. The number of ether oxygens (including phenoxy) is 2. The van der Waals surface area contributed by atoms with E-state index >= 15 is 0 Å². The van der Waals surface area contributed by atoms with Gasteiger partial charge >= 0.3 is 18.9 Å². The summed E-state index contributed by atoms with van der Waals surface area (Å²) in [4.78, 5) is 0. The van der Waals surface area contributed by atoms with Gasteiger partial charge < -0.3 is 9.47 Å². The average molecular weight is 320 g/mol. The summed E-state index contributed by atoms with van der Waals surface area (Å²) in [6, 6.07) is 2.38. The van der Waals surface area contributed by atoms with E-state index in [1.54, 1.807) is 13.8 Å². The lowest BCUT2D eigenvalue weighted by Crippen LogP contribution is -2.33. The molecule has 0 aliphatic carbocycles. The zero-order valence-corrected chi connectivity index (χ0v) is 10.8. The predicted octanol–water partition coefficient (Wildman–Crippen LogP) is 4.95. The van der Waals surface area contributed by atoms with Crippen molar-refractivity contribution in [3.8, 4) is 11.5 Å². The lowest BCUT2D eigenvalue weighted by molar-refractivity contribution is -0.274. The molecule has 0 aliphatic heterocycles. The third-order valence-corrected chi connectivity index (χ3v) is 2.31. The van der Waals surface area contributed by atoms with Crippen LogP contribution in [0.25, 0.3) is 0 Å². The molecule has 120 valence electrons. The highest BCUT2D eigenvalue weighted by Gasteiger charge is 2.44. The summed E-state index contributed by atoms with van der Waals surface area (Å²) < 4.78 is 93.5. The molecule has 1 aromatic rings. The van der Waals surface area contributed by atoms with Crippen LogP contribution < -0.4 is 9.47 Å². The molecule has 0 fully saturated rings. The summed E-state index contributed by atoms with van der Waals surface area (Å²) in [5.74, 6) is -2.02. The van der Waals surface area contributed by atoms with Crippen LogP contribution in [0.2, 0.25) is 0 Å². The molecule has 1 rings (SSSR count). The highest BCUT2D eigenvalue weighted by atomic mass is 19.4. The van der Waals surface area contributed by atoms with Gasteiger partial charge in [-0.05, 0) is 23.6 Å². The van der Waals surface area contributed by atoms with Crippen LogP contribution in [-0.4, -0.2) is 18.9 Å². The van der Waals surface area contributed by atoms with Crippen molar-refractivity contribution in [2.24, 2.45) is 0 Å². The van der Waals surface area contributed by atoms with Crippen LogP contribution in [0.15, 0.2) is 18.2 Å². The van der Waals surface area contributed by atoms with Crippen molar-refractivity contribution in [2.75, 3.05) is 0 Å². The maximum Gasteiger partial charge on any atom is 0.573 e. The Bertz CT molecular complexity index is 483. The first kappa shape index (κ1) is 17.4. The fourth-order valence-electron chi connectivity index (χ4n) is 1.38. The van der Waals surface area contributed by atoms with Gasteiger partial charge in [0.2, 0.25) is 0 Å². The van der Waals surface area contributed by atoms with Gasteiger partial charge in [0.05, 0.1) is 0 Å². The van der Waals surface area contributed by atoms with E-state index in [4.69, 9.17) is 0 Å². The molecule has 0 saturated heterocycles. The van der Waals surface area contributed by atoms with E-state index in [-0.39, 0.29) is 11.5 Å². The summed E-state index contributed by atoms with van der Waals surface area (Å²) in [7, 11) is 0. The zero-order valence-electron chi connectivity index (χ0n) is 10.8. The second-order valence-electron chi connectivity index (χ2n) is 4.40. The van der Waals surface area contributed by atoms with Crippen LogP contribution >= 0.6 is 0 Å². The van der Waals surface area contributed by atoms with Crippen LogP contribution in [0.5, 0.6) is 11.5 Å². The van der Waals surface area contributed by atoms with Gasteiger partial charge in [-0.25, -0.2) is 0 Å². The molecule has 0 aliphatic rings. The number of benzene rings is 1. The monoisotopic (exact) mass is 320 g/mol. The Hall–Kier alpha value is -1.67. The molecular weight excluding hydrogens is 309 g/mol. The normalized spacial score (nSPS) is 12.9. The van der Waals surface area contributed by atoms with E-state index in [9.17, 15) is 30.7 Å². The van der Waals surface area contributed by atoms with E-state index < -0.39 is 30.4 Å². The first-order chi connectivity index (χ1) is 9.40. The topological polar surface area (TPSA) is 18.5 Å². The minimum absolute atomic E-state index is 0.164. The summed E-state index contributed by atoms with van der Waals surface area (Å²) in [5, 5.41) is 0. The van der Waals surface area contributed by atoms with Crippen molar-refractivity contribution in [3.05, 3.63) is 23.8 Å². The van der Waals surface area contributed by atoms with Crippen molar-refractivity contribution in [1.82, 2.24) is 0 Å². The molecule has 9 heteroatoms. The Morgan fingerprint density at radius 1 is 0.857 bits per heavy atom. The van der Waals surface area contributed by atoms with E-state index in [1.807, 2.05) is 0 Å². The van der Waals surface area contributed by atoms with Crippen LogP contribution in [0.3, 0.4) is 0 Å². The SMILES string of the molecule is CC(C)c1cc(OC(F)(F)F)cc(OC(F)(F)C(F)F)c1. The van der Waals surface area contributed by atoms with Gasteiger partial charge in [-0.3, -0.25) is 0 Å². The molecule has 0 unspecified atom stereocenters. The Balaban J connectivity index is 3.14. The molecule has 0 amide bonds. The Kier molecular flexibility index (Phi) is 4.95. The molecule has 0 bridgehead atoms. The van der Waals surface area contributed by atoms with Crippen molar-refractivity contribution in [2.45, 2.75) is 38.7 Å². The fraction of sp³-hybridized carbons (Fsp3) is 0.500. The van der Waals surface area contributed by atoms with Crippen LogP contribution in [0.4, 0.5) is 30.7 Å². The van der Waals surface area contributed by atoms with E-state index in [0.717, 1.165) is 12.1 Å². The van der Waals surface area contributed by atoms with Crippen molar-refractivity contribution in [1.29, 1.82) is 0 Å². The smallest absolute Gasteiger partial charge is 0.428 e. The van der Waals surface area contributed by atoms with Gasteiger partial charge in [0, 0.05) is 6.07 Å². The highest BCUT2D eigenvalue weighted by Crippen LogP contribution is 2.34. The molecule has 0 saturated carbocycles. The second-order valence-corrected chi connectivity index (χ2v) is 4.40. The lowest BCUT2D eigenvalue weighted by atomic mass is 10.0. The Labute approximate surface area is 115 Å². The summed E-state index contributed by atoms with van der Waals surface area (Å²) in [6.07, 6.45) is -14.0. The number of halogens is 7. The van der Waals surface area contributed by atoms with Gasteiger partial charge in [0.25, 0.3) is 0 Å². The maximum absolute atomic E-state index is 12.8. The average Bonchev–Trinajstić information content (AvgIpc) is 2.24. The fourth-order valence-corrected chi connectivity index (χ4v) is 1.38. The minimum Gasteiger partial charge on any atom is -0.428 e. The molecule has 0 atom stereocenters. The van der Waals surface area contributed by atoms with E-state index in [1.165, 1.54) is 0 Å². The van der Waals surface area contributed by atoms with Crippen LogP contribution in [0.1, 0.15) is 25.3 Å². The molecule has 21 heavy (non-hydrogen) atoms. The van der Waals surface area contributed by atoms with E-state index in [2.05, 4.69) is 9.47 Å². The van der Waals surface area contributed by atoms with E-state index in [0.29, 0.717) is 6.07 Å². The van der Waals surface area contributed by atoms with Crippen molar-refractivity contribution >= 4 is 0 Å². The minimum atomic E-state index is -5.04. The highest BCUT2D eigenvalue weighted by molar-refractivity contribution is 5.40. The number of hydrogen-bond donors (Lipinski definition) is 0. The number of rotatable bonds is 5. The molecule has 0 N–H and O–H groups in total. The van der Waals surface area contributed by atoms with Crippen LogP contribution in [-0.2, 0) is 0 Å². The Morgan fingerprint density at radius 3 is 1.71 bits per heavy atom. The van der Waals surface area contributed by atoms with Gasteiger partial charge in [0.1, 0.15) is 11.5 Å². The second kappa shape index (κ2) is 5.98. The summed E-state index contributed by atoms with van der Waals surface area (Å²) in [5.41, 5.74) is 0.164. The molecule has 0 radical (unpaired) electrons. The maximum atomic E-state index is 12.8. The Morgan fingerprint density at radius 2 is 1.33 bits per heavy atom. The van der Waals surface area contributed by atoms with Crippen LogP contribution in [0, 0.1) is 0 Å². The molecular formula is C12H11F7O2. The first-order valence-corrected chi connectivity index (χ1v) is 5.66. The summed E-state index contributed by atoms with van der Waals surface area (Å²) >= 11 is 0. The molecule has 0 spiro atoms.